The number of nitrogens with zero attached hydrogens (tertiary/aromatic N) is 1. The molecule has 2 N–H and O–H groups in total. The van der Waals surface area contributed by atoms with E-state index >= 15 is 0 Å². The van der Waals surface area contributed by atoms with Crippen molar-refractivity contribution in [3.8, 4) is 10.8 Å². The first-order chi connectivity index (χ1) is 10.8. The van der Waals surface area contributed by atoms with Crippen LogP contribution in [0.5, 0.6) is 10.8 Å². The predicted octanol–water partition coefficient (Wildman–Crippen LogP) is 2.56. The quantitative estimate of drug-likeness (QED) is 0.910. The molecule has 2 fully saturated rings. The summed E-state index contributed by atoms with van der Waals surface area (Å²) in [5.74, 6) is 0.718. The maximum Gasteiger partial charge on any atom is 0.261 e. The number of hydrogen-bond acceptors (Lipinski definition) is 5. The van der Waals surface area contributed by atoms with Gasteiger partial charge in [-0.3, -0.25) is 9.78 Å². The van der Waals surface area contributed by atoms with E-state index in [9.17, 15) is 4.79 Å². The van der Waals surface area contributed by atoms with Crippen LogP contribution in [0.2, 0.25) is 0 Å². The summed E-state index contributed by atoms with van der Waals surface area (Å²) in [4.78, 5) is 17.0. The van der Waals surface area contributed by atoms with Gasteiger partial charge in [0.25, 0.3) is 5.91 Å². The van der Waals surface area contributed by atoms with Crippen LogP contribution in [0.1, 0.15) is 28.9 Å². The molecule has 1 amide bonds. The Morgan fingerprint density at radius 3 is 2.86 bits per heavy atom. The van der Waals surface area contributed by atoms with Crippen LogP contribution in [0.25, 0.3) is 0 Å². The second-order valence-electron chi connectivity index (χ2n) is 5.77. The summed E-state index contributed by atoms with van der Waals surface area (Å²) in [6, 6.07) is 8.53. The molecule has 0 radical (unpaired) electrons. The Hall–Kier alpha value is -1.92. The molecule has 2 aromatic rings. The van der Waals surface area contributed by atoms with Gasteiger partial charge in [-0.1, -0.05) is 11.3 Å². The highest BCUT2D eigenvalue weighted by Crippen LogP contribution is 2.31. The van der Waals surface area contributed by atoms with Crippen LogP contribution in [-0.2, 0) is 0 Å². The van der Waals surface area contributed by atoms with E-state index in [2.05, 4.69) is 15.6 Å². The fourth-order valence-corrected chi connectivity index (χ4v) is 4.02. The third-order valence-electron chi connectivity index (χ3n) is 4.29. The fourth-order valence-electron chi connectivity index (χ4n) is 3.24. The molecule has 0 saturated carbocycles. The average Bonchev–Trinajstić information content (AvgIpc) is 3.24. The molecule has 2 aliphatic heterocycles. The fraction of sp³-hybridized carbons (Fsp3) is 0.375. The zero-order chi connectivity index (χ0) is 14.9. The summed E-state index contributed by atoms with van der Waals surface area (Å²) >= 11 is 1.36. The molecular weight excluding hydrogens is 298 g/mol. The van der Waals surface area contributed by atoms with E-state index in [1.165, 1.54) is 17.8 Å². The number of carbonyl (C=O) groups excluding carboxylic acids is 1. The summed E-state index contributed by atoms with van der Waals surface area (Å²) in [6.45, 7) is 0. The monoisotopic (exact) mass is 315 g/mol. The Labute approximate surface area is 132 Å². The first kappa shape index (κ1) is 13.7. The molecule has 22 heavy (non-hydrogen) atoms. The van der Waals surface area contributed by atoms with E-state index in [0.29, 0.717) is 22.0 Å². The van der Waals surface area contributed by atoms with Gasteiger partial charge in [-0.05, 0) is 43.5 Å². The Bertz CT molecular complexity index is 673. The first-order valence-electron chi connectivity index (χ1n) is 7.52. The smallest absolute Gasteiger partial charge is 0.261 e. The average molecular weight is 315 g/mol. The van der Waals surface area contributed by atoms with E-state index in [1.54, 1.807) is 24.5 Å². The van der Waals surface area contributed by atoms with Crippen LogP contribution in [0, 0.1) is 0 Å². The molecule has 2 aromatic heterocycles. The molecule has 4 heterocycles. The van der Waals surface area contributed by atoms with E-state index < -0.39 is 0 Å². The molecule has 4 rings (SSSR count). The zero-order valence-corrected chi connectivity index (χ0v) is 12.8. The van der Waals surface area contributed by atoms with Crippen molar-refractivity contribution in [2.24, 2.45) is 0 Å². The number of thiophene rings is 1. The lowest BCUT2D eigenvalue weighted by Crippen LogP contribution is -2.42. The van der Waals surface area contributed by atoms with Crippen LogP contribution in [0.3, 0.4) is 0 Å². The van der Waals surface area contributed by atoms with Gasteiger partial charge in [0, 0.05) is 30.5 Å². The van der Waals surface area contributed by atoms with Crippen LogP contribution < -0.4 is 15.4 Å². The summed E-state index contributed by atoms with van der Waals surface area (Å²) in [6.07, 6.45) is 6.80. The van der Waals surface area contributed by atoms with Gasteiger partial charge in [0.1, 0.15) is 5.75 Å². The van der Waals surface area contributed by atoms with Gasteiger partial charge in [0.05, 0.1) is 4.88 Å². The molecule has 2 saturated heterocycles. The minimum atomic E-state index is -0.00562. The Morgan fingerprint density at radius 1 is 1.27 bits per heavy atom. The number of pyridine rings is 1. The molecule has 0 unspecified atom stereocenters. The molecule has 3 atom stereocenters. The maximum atomic E-state index is 12.3. The standard InChI is InChI=1S/C16H17N3O2S/c20-16(19-13-9-10-1-2-12(13)18-10)14-3-4-15(22-14)21-11-5-7-17-8-6-11/h3-8,10,12-13,18H,1-2,9H2,(H,19,20)/t10-,12+,13-/m1/s1. The molecule has 0 aliphatic carbocycles. The summed E-state index contributed by atoms with van der Waals surface area (Å²) in [7, 11) is 0. The summed E-state index contributed by atoms with van der Waals surface area (Å²) < 4.78 is 5.71. The van der Waals surface area contributed by atoms with Gasteiger partial charge in [-0.25, -0.2) is 0 Å². The van der Waals surface area contributed by atoms with E-state index in [4.69, 9.17) is 4.74 Å². The molecule has 114 valence electrons. The minimum Gasteiger partial charge on any atom is -0.447 e. The Balaban J connectivity index is 1.39. The van der Waals surface area contributed by atoms with E-state index in [-0.39, 0.29) is 11.9 Å². The highest BCUT2D eigenvalue weighted by atomic mass is 32.1. The van der Waals surface area contributed by atoms with Crippen molar-refractivity contribution < 1.29 is 9.53 Å². The highest BCUT2D eigenvalue weighted by molar-refractivity contribution is 7.15. The maximum absolute atomic E-state index is 12.3. The number of carbonyl (C=O) groups is 1. The lowest BCUT2D eigenvalue weighted by molar-refractivity contribution is 0.0935. The van der Waals surface area contributed by atoms with Crippen molar-refractivity contribution in [2.75, 3.05) is 0 Å². The van der Waals surface area contributed by atoms with E-state index in [0.717, 1.165) is 18.6 Å². The molecular formula is C16H17N3O2S. The summed E-state index contributed by atoms with van der Waals surface area (Å²) in [5, 5.41) is 7.39. The number of ether oxygens (including phenoxy) is 1. The largest absolute Gasteiger partial charge is 0.447 e. The highest BCUT2D eigenvalue weighted by Gasteiger charge is 2.39. The Morgan fingerprint density at radius 2 is 2.14 bits per heavy atom. The van der Waals surface area contributed by atoms with Gasteiger partial charge in [-0.15, -0.1) is 0 Å². The van der Waals surface area contributed by atoms with Crippen molar-refractivity contribution in [3.05, 3.63) is 41.5 Å². The van der Waals surface area contributed by atoms with Gasteiger partial charge >= 0.3 is 0 Å². The molecule has 5 nitrogen and oxygen atoms in total. The van der Waals surface area contributed by atoms with Gasteiger partial charge in [0.2, 0.25) is 0 Å². The third kappa shape index (κ3) is 2.71. The number of rotatable bonds is 4. The lowest BCUT2D eigenvalue weighted by atomic mass is 9.95. The van der Waals surface area contributed by atoms with Gasteiger partial charge in [0.15, 0.2) is 5.06 Å². The molecule has 6 heteroatoms. The minimum absolute atomic E-state index is 0.00562. The third-order valence-corrected chi connectivity index (χ3v) is 5.25. The lowest BCUT2D eigenvalue weighted by Gasteiger charge is -2.20. The van der Waals surface area contributed by atoms with E-state index in [1.807, 2.05) is 12.1 Å². The molecule has 0 spiro atoms. The van der Waals surface area contributed by atoms with Gasteiger partial charge < -0.3 is 15.4 Å². The van der Waals surface area contributed by atoms with Crippen LogP contribution >= 0.6 is 11.3 Å². The molecule has 0 aromatic carbocycles. The Kier molecular flexibility index (Phi) is 3.56. The van der Waals surface area contributed by atoms with Crippen molar-refractivity contribution in [2.45, 2.75) is 37.4 Å². The van der Waals surface area contributed by atoms with Crippen molar-refractivity contribution in [1.82, 2.24) is 15.6 Å². The SMILES string of the molecule is O=C(N[C@@H]1C[C@H]2CC[C@@H]1N2)c1ccc(Oc2ccncc2)s1. The second kappa shape index (κ2) is 5.70. The summed E-state index contributed by atoms with van der Waals surface area (Å²) in [5.41, 5.74) is 0. The molecule has 2 bridgehead atoms. The number of nitrogens with one attached hydrogen (secondary N) is 2. The van der Waals surface area contributed by atoms with Crippen LogP contribution in [0.15, 0.2) is 36.7 Å². The number of aromatic nitrogens is 1. The van der Waals surface area contributed by atoms with Crippen LogP contribution in [0.4, 0.5) is 0 Å². The number of hydrogen-bond donors (Lipinski definition) is 2. The van der Waals surface area contributed by atoms with Crippen molar-refractivity contribution in [1.29, 1.82) is 0 Å². The van der Waals surface area contributed by atoms with Crippen molar-refractivity contribution >= 4 is 17.2 Å². The van der Waals surface area contributed by atoms with Gasteiger partial charge in [-0.2, -0.15) is 0 Å². The first-order valence-corrected chi connectivity index (χ1v) is 8.34. The van der Waals surface area contributed by atoms with Crippen LogP contribution in [-0.4, -0.2) is 29.0 Å². The normalized spacial score (nSPS) is 26.1. The zero-order valence-electron chi connectivity index (χ0n) is 12.0. The topological polar surface area (TPSA) is 63.2 Å². The number of fused-ring (bicyclic) bond motifs is 2. The van der Waals surface area contributed by atoms with Crippen molar-refractivity contribution in [3.63, 3.8) is 0 Å². The number of amides is 1. The second-order valence-corrected chi connectivity index (χ2v) is 6.81. The predicted molar refractivity (Wildman–Crippen MR) is 84.4 cm³/mol. The molecule has 2 aliphatic rings.